The third kappa shape index (κ3) is 34.6. The molecule has 0 saturated carbocycles. The fourth-order valence-electron chi connectivity index (χ4n) is 14.0. The van der Waals surface area contributed by atoms with Crippen molar-refractivity contribution in [1.82, 2.24) is 20.0 Å². The molecule has 4 aliphatic rings. The number of nitro benzene ring substituents is 6. The Morgan fingerprint density at radius 3 is 1.13 bits per heavy atom. The van der Waals surface area contributed by atoms with Gasteiger partial charge in [0.2, 0.25) is 0 Å². The van der Waals surface area contributed by atoms with Gasteiger partial charge >= 0.3 is 21.6 Å². The second-order valence-electron chi connectivity index (χ2n) is 42.5. The number of phenols is 1. The monoisotopic (exact) mass is 2190 g/mol. The number of carbonyl (C=O) groups excluding carboxylic acids is 6. The summed E-state index contributed by atoms with van der Waals surface area (Å²) >= 11 is 0. The summed E-state index contributed by atoms with van der Waals surface area (Å²) in [6, 6.07) is 14.1. The van der Waals surface area contributed by atoms with Crippen molar-refractivity contribution in [3.05, 3.63) is 223 Å². The number of aromatic carboxylic acids is 1. The van der Waals surface area contributed by atoms with Gasteiger partial charge in [0.15, 0.2) is 51.6 Å². The summed E-state index contributed by atoms with van der Waals surface area (Å²) in [5.74, 6) is -3.21. The fourth-order valence-corrected chi connectivity index (χ4v) is 18.6. The van der Waals surface area contributed by atoms with E-state index in [0.717, 1.165) is 59.0 Å². The Labute approximate surface area is 868 Å². The lowest BCUT2D eigenvalue weighted by atomic mass is 10.0. The van der Waals surface area contributed by atoms with E-state index in [0.29, 0.717) is 77.5 Å². The predicted molar refractivity (Wildman–Crippen MR) is 559 cm³/mol. The molecule has 6 aromatic rings. The van der Waals surface area contributed by atoms with E-state index in [2.05, 4.69) is 111 Å². The Bertz CT molecular complexity index is 6000. The fraction of sp³-hybridized carbons (Fsp3) is 0.541. The van der Waals surface area contributed by atoms with Crippen LogP contribution in [0.5, 0.6) is 23.0 Å². The summed E-state index contributed by atoms with van der Waals surface area (Å²) in [5, 5.41) is 107. The number of phenolic OH excluding ortho intramolecular Hbond substituents is 1. The van der Waals surface area contributed by atoms with Gasteiger partial charge < -0.3 is 76.5 Å². The molecule has 4 aliphatic heterocycles. The third-order valence-corrected chi connectivity index (χ3v) is 46.5. The lowest BCUT2D eigenvalue weighted by Gasteiger charge is -2.38. The molecule has 4 heterocycles. The molecular formula is C98H141F3N10O33SSi4. The van der Waals surface area contributed by atoms with Crippen molar-refractivity contribution in [1.29, 1.82) is 0 Å². The average Bonchev–Trinajstić information content (AvgIpc) is 1.63. The second kappa shape index (κ2) is 51.9. The molecule has 6 aromatic carbocycles. The van der Waals surface area contributed by atoms with Crippen molar-refractivity contribution >= 4 is 120 Å². The van der Waals surface area contributed by atoms with Gasteiger partial charge in [0.1, 0.15) is 51.0 Å². The van der Waals surface area contributed by atoms with Crippen molar-refractivity contribution in [2.75, 3.05) is 67.4 Å². The number of aromatic hydroxyl groups is 1. The Morgan fingerprint density at radius 1 is 0.443 bits per heavy atom. The van der Waals surface area contributed by atoms with Gasteiger partial charge in [0, 0.05) is 93.3 Å². The van der Waals surface area contributed by atoms with Crippen LogP contribution in [0.2, 0.25) is 72.5 Å². The number of rotatable bonds is 29. The van der Waals surface area contributed by atoms with Crippen LogP contribution in [0.25, 0.3) is 0 Å². The normalized spacial score (nSPS) is 16.9. The summed E-state index contributed by atoms with van der Waals surface area (Å²) in [6.45, 7) is 57.5. The van der Waals surface area contributed by atoms with Crippen molar-refractivity contribution in [3.8, 4) is 23.0 Å². The maximum absolute atomic E-state index is 13.4. The number of methoxy groups -OCH3 is 3. The van der Waals surface area contributed by atoms with Gasteiger partial charge in [-0.3, -0.25) is 89.5 Å². The molecule has 3 amide bonds. The Hall–Kier alpha value is -12.3. The molecule has 0 aliphatic carbocycles. The van der Waals surface area contributed by atoms with Crippen molar-refractivity contribution in [3.63, 3.8) is 0 Å². The number of likely N-dealkylation sites (tertiary alicyclic amines) is 2. The number of carbonyl (C=O) groups is 7. The van der Waals surface area contributed by atoms with Gasteiger partial charge in [-0.25, -0.2) is 4.79 Å². The Balaban J connectivity index is 0.000000375. The summed E-state index contributed by atoms with van der Waals surface area (Å²) < 4.78 is 106. The number of carboxylic acids is 1. The molecule has 43 nitrogen and oxygen atoms in total. The SMILES string of the molecule is CC(C)(C)[Si](C)(C)OC[C@@H]1C[C@@H](O)CN1.COc1cc(C(=O)N2C=C(OS(=O)(=O)C(F)(F)F)C[C@H]2CO[Si](C)(C)C(C)(C)C)c([N+](=O)[O-])cc1C.COc1cc(C(=O)N2CC(=O)C[C@H]2CO[Si](C)(C)C(C)(C)C)c([N+](=O)[O-])cc1C.COc1cc(C(=O)N2C[C@H](O)C[C@H]2CO[Si](C)(C)C(C)(C)C)c([N+](=O)[O-])cc1C.Cc1cc(C(=O)O)c([N+](=O)[O-])cc1C.Cc1cc(C=O)c([N+](=O)[O-])cc1C.Cc1cc(C=O)c([N+](=O)[O-])cc1O. The highest BCUT2D eigenvalue weighted by atomic mass is 32.2. The number of halogens is 3. The first kappa shape index (κ1) is 129. The van der Waals surface area contributed by atoms with Crippen LogP contribution >= 0.6 is 0 Å². The zero-order chi connectivity index (χ0) is 115. The maximum Gasteiger partial charge on any atom is 0.534 e. The largest absolute Gasteiger partial charge is 0.534 e. The zero-order valence-corrected chi connectivity index (χ0v) is 94.9. The zero-order valence-electron chi connectivity index (χ0n) is 90.1. The minimum Gasteiger partial charge on any atom is -0.507 e. The van der Waals surface area contributed by atoms with E-state index < -0.39 is 144 Å². The van der Waals surface area contributed by atoms with Crippen LogP contribution in [-0.2, 0) is 36.8 Å². The first-order valence-corrected chi connectivity index (χ1v) is 60.0. The summed E-state index contributed by atoms with van der Waals surface area (Å²) in [4.78, 5) is 150. The van der Waals surface area contributed by atoms with E-state index in [1.54, 1.807) is 48.5 Å². The highest BCUT2D eigenvalue weighted by Crippen LogP contribution is 2.45. The van der Waals surface area contributed by atoms with Crippen LogP contribution in [0.3, 0.4) is 0 Å². The van der Waals surface area contributed by atoms with Crippen LogP contribution in [0.15, 0.2) is 84.8 Å². The first-order valence-electron chi connectivity index (χ1n) is 47.0. The number of nitrogens with one attached hydrogen (secondary N) is 1. The third-order valence-electron chi connectivity index (χ3n) is 27.5. The van der Waals surface area contributed by atoms with Gasteiger partial charge in [-0.15, -0.1) is 0 Å². The van der Waals surface area contributed by atoms with E-state index in [9.17, 15) is 126 Å². The predicted octanol–water partition coefficient (Wildman–Crippen LogP) is 19.2. The number of aldehydes is 2. The smallest absolute Gasteiger partial charge is 0.507 e. The number of Topliss-reactive ketones (excluding diaryl/α,β-unsaturated/α-hetero) is 1. The number of amides is 3. The van der Waals surface area contributed by atoms with E-state index in [1.165, 1.54) is 85.7 Å². The Morgan fingerprint density at radius 2 is 0.772 bits per heavy atom. The highest BCUT2D eigenvalue weighted by molar-refractivity contribution is 7.87. The number of benzene rings is 6. The number of nitrogens with zero attached hydrogens (tertiary/aromatic N) is 9. The van der Waals surface area contributed by atoms with Gasteiger partial charge in [0.05, 0.1) is 125 Å². The van der Waals surface area contributed by atoms with Crippen molar-refractivity contribution < 1.29 is 141 Å². The maximum atomic E-state index is 13.4. The van der Waals surface area contributed by atoms with Crippen LogP contribution < -0.4 is 19.5 Å². The molecular weight excluding hydrogens is 2050 g/mol. The topological polar surface area (TPSA) is 589 Å². The van der Waals surface area contributed by atoms with Gasteiger partial charge in [-0.1, -0.05) is 83.1 Å². The highest BCUT2D eigenvalue weighted by Gasteiger charge is 2.52. The van der Waals surface area contributed by atoms with E-state index >= 15 is 0 Å². The van der Waals surface area contributed by atoms with Gasteiger partial charge in [0.25, 0.3) is 51.8 Å². The van der Waals surface area contributed by atoms with E-state index in [4.69, 9.17) is 42.1 Å². The molecule has 0 bridgehead atoms. The van der Waals surface area contributed by atoms with E-state index in [1.807, 2.05) is 40.8 Å². The van der Waals surface area contributed by atoms with Gasteiger partial charge in [-0.05, 0) is 203 Å². The minimum atomic E-state index is -5.99. The summed E-state index contributed by atoms with van der Waals surface area (Å²) in [6.07, 6.45) is 1.84. The molecule has 0 unspecified atom stereocenters. The quantitative estimate of drug-likeness (QED) is 0.00727. The van der Waals surface area contributed by atoms with Crippen molar-refractivity contribution in [2.24, 2.45) is 0 Å². The molecule has 824 valence electrons. The molecule has 3 saturated heterocycles. The summed E-state index contributed by atoms with van der Waals surface area (Å²) in [7, 11) is -9.90. The molecule has 3 fully saturated rings. The molecule has 5 N–H and O–H groups in total. The number of aliphatic hydroxyl groups excluding tert-OH is 2. The number of ketones is 1. The summed E-state index contributed by atoms with van der Waals surface area (Å²) in [5.41, 5.74) is -3.22. The second-order valence-corrected chi connectivity index (χ2v) is 63.3. The molecule has 51 heteroatoms. The van der Waals surface area contributed by atoms with Crippen LogP contribution in [0, 0.1) is 116 Å². The number of β-amino-alcohol motifs (C(OH)–C–C–N with tert-alkyl or cyclic N) is 2. The molecule has 149 heavy (non-hydrogen) atoms. The van der Waals surface area contributed by atoms with Crippen LogP contribution in [0.1, 0.15) is 215 Å². The Kier molecular flexibility index (Phi) is 45.0. The van der Waals surface area contributed by atoms with Crippen molar-refractivity contribution in [2.45, 2.75) is 279 Å². The lowest BCUT2D eigenvalue weighted by Crippen LogP contribution is -2.46. The number of hydrogen-bond acceptors (Lipinski definition) is 33. The number of ether oxygens (including phenoxy) is 3. The number of hydrogen-bond donors (Lipinski definition) is 5. The minimum absolute atomic E-state index is 0.00639. The van der Waals surface area contributed by atoms with Crippen LogP contribution in [0.4, 0.5) is 47.3 Å². The number of aliphatic hydroxyl groups is 2. The van der Waals surface area contributed by atoms with E-state index in [-0.39, 0.29) is 139 Å². The molecule has 0 aromatic heterocycles. The molecule has 6 atom stereocenters. The molecule has 0 radical (unpaired) electrons. The van der Waals surface area contributed by atoms with Gasteiger partial charge in [-0.2, -0.15) is 21.6 Å². The number of alkyl halides is 3. The number of aryl methyl sites for hydroxylation is 8. The average molecular weight is 2190 g/mol. The molecule has 0 spiro atoms. The number of nitro groups is 6. The van der Waals surface area contributed by atoms with Crippen LogP contribution in [-0.4, -0.2) is 258 Å². The first-order chi connectivity index (χ1) is 68.0. The number of carboxylic acid groups (broad SMARTS) is 1. The standard InChI is InChI=1S/C21H29F3N2O8SSi.C20H32N2O6Si.C20H30N2O6Si.C11H25NO2Si.C9H9NO4.C9H9NO3.C8H7NO4/c1-13-8-17(26(28)29)16(10-18(13)32-5)19(27)25-11-15(34-35(30,31)21(22,23)24)9-14(25)12-33-36(6,7)20(2,3)4;2*1-13-8-17(22(25)26)16(10-18(13)27-5)19(24)21-11-15(23)9-14(21)12-28-29(6,7)20(2,3)4;1-11(2,3)15(4,5)14-8-9-6-10(13)7-12-9;1-5-3-7(9(11)12)8(10(13)14)4-6(5)2;1-6-3-8(5-11)9(10(12)13)4-7(6)2;1-5-2-6(4-10)7(9(12)13)3-8(5)11/h8,10-11,14H,9,12H2,1-7H3;8,10,14-15,23H,9,11-12H2,1-7H3;8,10,14H,9,11-12H2,1-7H3;9-10,12-13H,6-8H2,1-5H3;3-4H,1-2H3,(H,11,12);3-5H,1-2H3;2-4,11H,1H3/t14-;14-,15+;14-;9-,10+;;;/m0000.../s1. The molecule has 10 rings (SSSR count). The lowest BCUT2D eigenvalue weighted by molar-refractivity contribution is -0.385.